The monoisotopic (exact) mass is 200 g/mol. The zero-order chi connectivity index (χ0) is 10.6. The van der Waals surface area contributed by atoms with Gasteiger partial charge in [-0.05, 0) is 23.3 Å². The quantitative estimate of drug-likeness (QED) is 0.808. The molecule has 0 aliphatic heterocycles. The summed E-state index contributed by atoms with van der Waals surface area (Å²) in [4.78, 5) is 0. The van der Waals surface area contributed by atoms with Crippen molar-refractivity contribution in [1.29, 1.82) is 0 Å². The Morgan fingerprint density at radius 1 is 1.50 bits per heavy atom. The average Bonchev–Trinajstić information content (AvgIpc) is 2.16. The fraction of sp³-hybridized carbons (Fsp3) is 0.200. The lowest BCUT2D eigenvalue weighted by Gasteiger charge is -2.07. The van der Waals surface area contributed by atoms with Gasteiger partial charge in [-0.15, -0.1) is 0 Å². The Labute approximate surface area is 80.4 Å². The first-order valence-electron chi connectivity index (χ1n) is 3.97. The van der Waals surface area contributed by atoms with Gasteiger partial charge >= 0.3 is 6.61 Å². The summed E-state index contributed by atoms with van der Waals surface area (Å²) in [7, 11) is 0. The molecule has 0 radical (unpaired) electrons. The van der Waals surface area contributed by atoms with Crippen molar-refractivity contribution in [2.24, 2.45) is 0 Å². The number of hydrogen-bond donors (Lipinski definition) is 1. The minimum atomic E-state index is -2.84. The number of ether oxygens (including phenoxy) is 1. The molecular weight excluding hydrogens is 190 g/mol. The van der Waals surface area contributed by atoms with Crippen LogP contribution in [0.2, 0.25) is 0 Å². The van der Waals surface area contributed by atoms with Crippen molar-refractivity contribution in [2.45, 2.75) is 6.61 Å². The van der Waals surface area contributed by atoms with Crippen LogP contribution in [0.25, 0.3) is 5.57 Å². The molecule has 0 amide bonds. The van der Waals surface area contributed by atoms with E-state index >= 15 is 0 Å². The minimum Gasteiger partial charge on any atom is -0.435 e. The normalized spacial score (nSPS) is 10.3. The van der Waals surface area contributed by atoms with Gasteiger partial charge in [0.25, 0.3) is 0 Å². The topological polar surface area (TPSA) is 29.5 Å². The van der Waals surface area contributed by atoms with E-state index in [1.54, 1.807) is 12.1 Å². The predicted octanol–water partition coefficient (Wildman–Crippen LogP) is 2.29. The SMILES string of the molecule is C=C(CO)c1cccc(OC(F)F)c1. The van der Waals surface area contributed by atoms with E-state index in [1.165, 1.54) is 12.1 Å². The molecule has 14 heavy (non-hydrogen) atoms. The number of alkyl halides is 2. The van der Waals surface area contributed by atoms with E-state index in [1.807, 2.05) is 0 Å². The van der Waals surface area contributed by atoms with Crippen molar-refractivity contribution in [3.8, 4) is 5.75 Å². The molecule has 0 fully saturated rings. The first kappa shape index (κ1) is 10.7. The molecule has 2 nitrogen and oxygen atoms in total. The predicted molar refractivity (Wildman–Crippen MR) is 49.2 cm³/mol. The maximum absolute atomic E-state index is 11.8. The molecule has 0 saturated heterocycles. The Morgan fingerprint density at radius 2 is 2.21 bits per heavy atom. The highest BCUT2D eigenvalue weighted by Gasteiger charge is 2.05. The zero-order valence-electron chi connectivity index (χ0n) is 7.41. The second-order valence-electron chi connectivity index (χ2n) is 2.67. The van der Waals surface area contributed by atoms with Crippen LogP contribution >= 0.6 is 0 Å². The molecule has 1 aromatic rings. The second kappa shape index (κ2) is 4.72. The van der Waals surface area contributed by atoms with Gasteiger partial charge < -0.3 is 9.84 Å². The van der Waals surface area contributed by atoms with Gasteiger partial charge in [-0.2, -0.15) is 8.78 Å². The molecular formula is C10H10F2O2. The van der Waals surface area contributed by atoms with Crippen LogP contribution < -0.4 is 4.74 Å². The van der Waals surface area contributed by atoms with Crippen molar-refractivity contribution in [3.63, 3.8) is 0 Å². The number of hydrogen-bond acceptors (Lipinski definition) is 2. The summed E-state index contributed by atoms with van der Waals surface area (Å²) in [6, 6.07) is 6.05. The molecule has 0 atom stereocenters. The van der Waals surface area contributed by atoms with E-state index in [0.29, 0.717) is 11.1 Å². The van der Waals surface area contributed by atoms with Gasteiger partial charge in [0, 0.05) is 0 Å². The number of benzene rings is 1. The maximum atomic E-state index is 11.8. The van der Waals surface area contributed by atoms with Crippen LogP contribution in [0.4, 0.5) is 8.78 Å². The first-order valence-corrected chi connectivity index (χ1v) is 3.97. The minimum absolute atomic E-state index is 0.0621. The van der Waals surface area contributed by atoms with Crippen LogP contribution in [-0.4, -0.2) is 18.3 Å². The molecule has 76 valence electrons. The molecule has 0 spiro atoms. The third kappa shape index (κ3) is 2.81. The van der Waals surface area contributed by atoms with E-state index in [4.69, 9.17) is 5.11 Å². The van der Waals surface area contributed by atoms with E-state index in [9.17, 15) is 8.78 Å². The molecule has 0 saturated carbocycles. The van der Waals surface area contributed by atoms with E-state index in [2.05, 4.69) is 11.3 Å². The first-order chi connectivity index (χ1) is 6.63. The molecule has 0 heterocycles. The summed E-state index contributed by atoms with van der Waals surface area (Å²) in [5.74, 6) is 0.0621. The summed E-state index contributed by atoms with van der Waals surface area (Å²) < 4.78 is 27.9. The van der Waals surface area contributed by atoms with Crippen LogP contribution in [0.15, 0.2) is 30.8 Å². The highest BCUT2D eigenvalue weighted by molar-refractivity contribution is 5.65. The van der Waals surface area contributed by atoms with Crippen LogP contribution in [0.3, 0.4) is 0 Å². The summed E-state index contributed by atoms with van der Waals surface area (Å²) in [5.41, 5.74) is 1.05. The molecule has 0 aromatic heterocycles. The summed E-state index contributed by atoms with van der Waals surface area (Å²) in [5, 5.41) is 8.77. The lowest BCUT2D eigenvalue weighted by atomic mass is 10.1. The van der Waals surface area contributed by atoms with Gasteiger partial charge in [-0.1, -0.05) is 18.7 Å². The van der Waals surface area contributed by atoms with Crippen molar-refractivity contribution in [2.75, 3.05) is 6.61 Å². The highest BCUT2D eigenvalue weighted by atomic mass is 19.3. The molecule has 0 aliphatic rings. The Hall–Kier alpha value is -1.42. The Morgan fingerprint density at radius 3 is 2.79 bits per heavy atom. The molecule has 1 N–H and O–H groups in total. The van der Waals surface area contributed by atoms with Crippen LogP contribution in [0.5, 0.6) is 5.75 Å². The van der Waals surface area contributed by atoms with Gasteiger partial charge in [-0.3, -0.25) is 0 Å². The van der Waals surface area contributed by atoms with Gasteiger partial charge in [0.15, 0.2) is 0 Å². The average molecular weight is 200 g/mol. The molecule has 4 heteroatoms. The van der Waals surface area contributed by atoms with Crippen molar-refractivity contribution in [1.82, 2.24) is 0 Å². The molecule has 1 rings (SSSR count). The van der Waals surface area contributed by atoms with Gasteiger partial charge in [-0.25, -0.2) is 0 Å². The zero-order valence-corrected chi connectivity index (χ0v) is 7.41. The van der Waals surface area contributed by atoms with Crippen molar-refractivity contribution >= 4 is 5.57 Å². The summed E-state index contributed by atoms with van der Waals surface area (Å²) >= 11 is 0. The van der Waals surface area contributed by atoms with E-state index in [0.717, 1.165) is 0 Å². The molecule has 0 bridgehead atoms. The Balaban J connectivity index is 2.84. The number of halogens is 2. The van der Waals surface area contributed by atoms with Gasteiger partial charge in [0.2, 0.25) is 0 Å². The molecule has 1 aromatic carbocycles. The Kier molecular flexibility index (Phi) is 3.59. The number of rotatable bonds is 4. The number of aliphatic hydroxyl groups is 1. The maximum Gasteiger partial charge on any atom is 0.387 e. The van der Waals surface area contributed by atoms with Crippen molar-refractivity contribution in [3.05, 3.63) is 36.4 Å². The summed E-state index contributed by atoms with van der Waals surface area (Å²) in [6.45, 7) is 0.520. The number of aliphatic hydroxyl groups excluding tert-OH is 1. The fourth-order valence-corrected chi connectivity index (χ4v) is 0.983. The van der Waals surface area contributed by atoms with Crippen LogP contribution in [0, 0.1) is 0 Å². The molecule has 0 aliphatic carbocycles. The van der Waals surface area contributed by atoms with Crippen LogP contribution in [0.1, 0.15) is 5.56 Å². The lowest BCUT2D eigenvalue weighted by Crippen LogP contribution is -2.02. The van der Waals surface area contributed by atoms with E-state index < -0.39 is 6.61 Å². The third-order valence-corrected chi connectivity index (χ3v) is 1.66. The van der Waals surface area contributed by atoms with E-state index in [-0.39, 0.29) is 12.4 Å². The Bertz CT molecular complexity index is 324. The third-order valence-electron chi connectivity index (χ3n) is 1.66. The van der Waals surface area contributed by atoms with Gasteiger partial charge in [0.1, 0.15) is 5.75 Å². The standard InChI is InChI=1S/C10H10F2O2/c1-7(6-13)8-3-2-4-9(5-8)14-10(11)12/h2-5,10,13H,1,6H2. The lowest BCUT2D eigenvalue weighted by molar-refractivity contribution is -0.0498. The second-order valence-corrected chi connectivity index (χ2v) is 2.67. The van der Waals surface area contributed by atoms with Crippen molar-refractivity contribution < 1.29 is 18.6 Å². The summed E-state index contributed by atoms with van der Waals surface area (Å²) in [6.07, 6.45) is 0. The van der Waals surface area contributed by atoms with Gasteiger partial charge in [0.05, 0.1) is 6.61 Å². The fourth-order valence-electron chi connectivity index (χ4n) is 0.983. The molecule has 0 unspecified atom stereocenters. The van der Waals surface area contributed by atoms with Crippen LogP contribution in [-0.2, 0) is 0 Å². The highest BCUT2D eigenvalue weighted by Crippen LogP contribution is 2.20. The largest absolute Gasteiger partial charge is 0.435 e. The smallest absolute Gasteiger partial charge is 0.387 e.